The van der Waals surface area contributed by atoms with Gasteiger partial charge in [0.25, 0.3) is 0 Å². The number of phenolic OH excluding ortho intramolecular Hbond substituents is 1. The zero-order chi connectivity index (χ0) is 14.3. The molecule has 5 heteroatoms. The van der Waals surface area contributed by atoms with Gasteiger partial charge in [0, 0.05) is 17.2 Å². The van der Waals surface area contributed by atoms with E-state index in [4.69, 9.17) is 16.3 Å². The third-order valence-electron chi connectivity index (χ3n) is 3.07. The van der Waals surface area contributed by atoms with Gasteiger partial charge in [-0.2, -0.15) is 0 Å². The standard InChI is InChI=1S/C14H13ClO4/c1-6(2)11-10(19-3)4-7-9(16)5-8(15)13(17)12(7)14(11)18/h4-6,18H,1-3H3. The number of aromatic hydroxyl groups is 1. The van der Waals surface area contributed by atoms with Gasteiger partial charge < -0.3 is 9.84 Å². The second kappa shape index (κ2) is 4.70. The first-order valence-corrected chi connectivity index (χ1v) is 6.16. The van der Waals surface area contributed by atoms with Gasteiger partial charge in [-0.1, -0.05) is 25.4 Å². The molecule has 2 rings (SSSR count). The molecule has 0 spiro atoms. The van der Waals surface area contributed by atoms with Crippen LogP contribution in [0.3, 0.4) is 0 Å². The smallest absolute Gasteiger partial charge is 0.208 e. The molecular formula is C14H13ClO4. The van der Waals surface area contributed by atoms with E-state index in [1.807, 2.05) is 13.8 Å². The molecule has 100 valence electrons. The first-order chi connectivity index (χ1) is 8.88. The summed E-state index contributed by atoms with van der Waals surface area (Å²) >= 11 is 5.72. The average molecular weight is 281 g/mol. The Bertz CT molecular complexity index is 614. The lowest BCUT2D eigenvalue weighted by Crippen LogP contribution is -2.16. The van der Waals surface area contributed by atoms with Gasteiger partial charge in [0.05, 0.1) is 17.7 Å². The zero-order valence-corrected chi connectivity index (χ0v) is 11.5. The minimum absolute atomic E-state index is 0.0398. The number of allylic oxidation sites excluding steroid dienone is 2. The van der Waals surface area contributed by atoms with Crippen LogP contribution in [0, 0.1) is 0 Å². The Balaban J connectivity index is 2.82. The van der Waals surface area contributed by atoms with Crippen LogP contribution in [0.15, 0.2) is 17.2 Å². The lowest BCUT2D eigenvalue weighted by Gasteiger charge is -2.20. The van der Waals surface area contributed by atoms with Crippen molar-refractivity contribution in [2.45, 2.75) is 19.8 Å². The van der Waals surface area contributed by atoms with E-state index in [1.54, 1.807) is 0 Å². The Morgan fingerprint density at radius 2 is 1.95 bits per heavy atom. The average Bonchev–Trinajstić information content (AvgIpc) is 2.34. The predicted molar refractivity (Wildman–Crippen MR) is 71.3 cm³/mol. The van der Waals surface area contributed by atoms with Gasteiger partial charge >= 0.3 is 0 Å². The van der Waals surface area contributed by atoms with Crippen LogP contribution in [-0.4, -0.2) is 23.8 Å². The summed E-state index contributed by atoms with van der Waals surface area (Å²) in [6.07, 6.45) is 1.06. The molecule has 0 atom stereocenters. The van der Waals surface area contributed by atoms with Crippen molar-refractivity contribution >= 4 is 23.2 Å². The molecule has 0 bridgehead atoms. The summed E-state index contributed by atoms with van der Waals surface area (Å²) < 4.78 is 5.19. The lowest BCUT2D eigenvalue weighted by molar-refractivity contribution is 0.0987. The van der Waals surface area contributed by atoms with E-state index >= 15 is 0 Å². The van der Waals surface area contributed by atoms with Crippen LogP contribution in [-0.2, 0) is 0 Å². The number of Topliss-reactive ketones (excluding diaryl/α,β-unsaturated/α-hetero) is 1. The number of ketones is 2. The molecular weight excluding hydrogens is 268 g/mol. The molecule has 0 aromatic heterocycles. The highest BCUT2D eigenvalue weighted by atomic mass is 35.5. The highest BCUT2D eigenvalue weighted by Gasteiger charge is 2.31. The minimum atomic E-state index is -0.543. The predicted octanol–water partition coefficient (Wildman–Crippen LogP) is 3.03. The van der Waals surface area contributed by atoms with E-state index < -0.39 is 11.6 Å². The van der Waals surface area contributed by atoms with Crippen LogP contribution < -0.4 is 4.74 Å². The number of carbonyl (C=O) groups is 2. The van der Waals surface area contributed by atoms with Crippen molar-refractivity contribution in [2.75, 3.05) is 7.11 Å². The number of phenols is 1. The fourth-order valence-electron chi connectivity index (χ4n) is 2.19. The fraction of sp³-hybridized carbons (Fsp3) is 0.286. The molecule has 1 N–H and O–H groups in total. The van der Waals surface area contributed by atoms with E-state index in [2.05, 4.69) is 0 Å². The molecule has 19 heavy (non-hydrogen) atoms. The second-order valence-electron chi connectivity index (χ2n) is 4.60. The van der Waals surface area contributed by atoms with Crippen LogP contribution in [0.5, 0.6) is 11.5 Å². The second-order valence-corrected chi connectivity index (χ2v) is 5.01. The van der Waals surface area contributed by atoms with Gasteiger partial charge in [0.1, 0.15) is 11.5 Å². The van der Waals surface area contributed by atoms with Gasteiger partial charge in [0.15, 0.2) is 5.78 Å². The van der Waals surface area contributed by atoms with E-state index in [1.165, 1.54) is 13.2 Å². The molecule has 1 aromatic rings. The van der Waals surface area contributed by atoms with Crippen LogP contribution in [0.1, 0.15) is 46.0 Å². The number of hydrogen-bond acceptors (Lipinski definition) is 4. The molecule has 4 nitrogen and oxygen atoms in total. The monoisotopic (exact) mass is 280 g/mol. The van der Waals surface area contributed by atoms with Gasteiger partial charge in [0.2, 0.25) is 5.78 Å². The van der Waals surface area contributed by atoms with Crippen LogP contribution in [0.2, 0.25) is 0 Å². The quantitative estimate of drug-likeness (QED) is 0.904. The topological polar surface area (TPSA) is 63.6 Å². The zero-order valence-electron chi connectivity index (χ0n) is 10.8. The highest BCUT2D eigenvalue weighted by Crippen LogP contribution is 2.42. The normalized spacial score (nSPS) is 14.5. The van der Waals surface area contributed by atoms with Crippen molar-refractivity contribution in [2.24, 2.45) is 0 Å². The van der Waals surface area contributed by atoms with E-state index in [9.17, 15) is 14.7 Å². The molecule has 0 saturated heterocycles. The van der Waals surface area contributed by atoms with Gasteiger partial charge in [-0.25, -0.2) is 0 Å². The van der Waals surface area contributed by atoms with Crippen LogP contribution >= 0.6 is 11.6 Å². The van der Waals surface area contributed by atoms with E-state index in [0.29, 0.717) is 11.3 Å². The summed E-state index contributed by atoms with van der Waals surface area (Å²) in [4.78, 5) is 23.9. The number of halogens is 1. The van der Waals surface area contributed by atoms with Crippen molar-refractivity contribution in [1.29, 1.82) is 0 Å². The molecule has 1 aliphatic rings. The molecule has 0 fully saturated rings. The van der Waals surface area contributed by atoms with Crippen molar-refractivity contribution in [3.63, 3.8) is 0 Å². The van der Waals surface area contributed by atoms with Crippen LogP contribution in [0.25, 0.3) is 0 Å². The van der Waals surface area contributed by atoms with Crippen LogP contribution in [0.4, 0.5) is 0 Å². The Morgan fingerprint density at radius 1 is 1.32 bits per heavy atom. The minimum Gasteiger partial charge on any atom is -0.507 e. The van der Waals surface area contributed by atoms with E-state index in [-0.39, 0.29) is 27.8 Å². The first kappa shape index (κ1) is 13.6. The summed E-state index contributed by atoms with van der Waals surface area (Å²) in [6.45, 7) is 3.72. The fourth-order valence-corrected chi connectivity index (χ4v) is 2.38. The Labute approximate surface area is 115 Å². The number of fused-ring (bicyclic) bond motifs is 1. The number of hydrogen-bond donors (Lipinski definition) is 1. The Hall–Kier alpha value is -1.81. The molecule has 0 amide bonds. The molecule has 0 aliphatic heterocycles. The maximum absolute atomic E-state index is 12.0. The molecule has 0 radical (unpaired) electrons. The number of ether oxygens (including phenoxy) is 1. The SMILES string of the molecule is COc1cc2c(c(O)c1C(C)C)C(=O)C(Cl)=CC2=O. The lowest BCUT2D eigenvalue weighted by atomic mass is 9.88. The molecule has 1 aromatic carbocycles. The van der Waals surface area contributed by atoms with Crippen molar-refractivity contribution in [3.8, 4) is 11.5 Å². The molecule has 0 unspecified atom stereocenters. The van der Waals surface area contributed by atoms with Gasteiger partial charge in [-0.15, -0.1) is 0 Å². The summed E-state index contributed by atoms with van der Waals surface area (Å²) in [6, 6.07) is 1.48. The summed E-state index contributed by atoms with van der Waals surface area (Å²) in [7, 11) is 1.45. The third kappa shape index (κ3) is 2.02. The van der Waals surface area contributed by atoms with Crippen molar-refractivity contribution in [3.05, 3.63) is 33.9 Å². The number of methoxy groups -OCH3 is 1. The molecule has 0 saturated carbocycles. The molecule has 0 heterocycles. The number of rotatable bonds is 2. The number of carbonyl (C=O) groups excluding carboxylic acids is 2. The Morgan fingerprint density at radius 3 is 2.47 bits per heavy atom. The summed E-state index contributed by atoms with van der Waals surface area (Å²) in [5, 5.41) is 10.1. The van der Waals surface area contributed by atoms with Crippen molar-refractivity contribution in [1.82, 2.24) is 0 Å². The third-order valence-corrected chi connectivity index (χ3v) is 3.35. The van der Waals surface area contributed by atoms with E-state index in [0.717, 1.165) is 6.08 Å². The maximum Gasteiger partial charge on any atom is 0.208 e. The summed E-state index contributed by atoms with van der Waals surface area (Å²) in [5.74, 6) is -0.859. The summed E-state index contributed by atoms with van der Waals surface area (Å²) in [5.41, 5.74) is 0.573. The van der Waals surface area contributed by atoms with Crippen molar-refractivity contribution < 1.29 is 19.4 Å². The Kier molecular flexibility index (Phi) is 3.37. The van der Waals surface area contributed by atoms with Gasteiger partial charge in [-0.05, 0) is 12.0 Å². The largest absolute Gasteiger partial charge is 0.507 e. The first-order valence-electron chi connectivity index (χ1n) is 5.78. The van der Waals surface area contributed by atoms with Gasteiger partial charge in [-0.3, -0.25) is 9.59 Å². The maximum atomic E-state index is 12.0. The number of benzene rings is 1. The highest BCUT2D eigenvalue weighted by molar-refractivity contribution is 6.49. The molecule has 1 aliphatic carbocycles.